The average molecular weight is 347 g/mol. The number of hydrogen-bond acceptors (Lipinski definition) is 5. The van der Waals surface area contributed by atoms with E-state index in [0.717, 1.165) is 0 Å². The molecule has 1 N–H and O–H groups in total. The first-order valence-electron chi connectivity index (χ1n) is 8.32. The summed E-state index contributed by atoms with van der Waals surface area (Å²) in [5.74, 6) is -0.437. The van der Waals surface area contributed by atoms with E-state index in [9.17, 15) is 9.59 Å². The van der Waals surface area contributed by atoms with Crippen LogP contribution < -0.4 is 5.32 Å². The fraction of sp³-hybridized carbons (Fsp3) is 0.500. The first-order chi connectivity index (χ1) is 11.6. The molecule has 25 heavy (non-hydrogen) atoms. The molecular formula is C18H25N3O4. The van der Waals surface area contributed by atoms with E-state index >= 15 is 0 Å². The van der Waals surface area contributed by atoms with Crippen molar-refractivity contribution in [1.29, 1.82) is 0 Å². The molecule has 0 radical (unpaired) electrons. The second kappa shape index (κ2) is 7.13. The van der Waals surface area contributed by atoms with E-state index in [2.05, 4.69) is 10.4 Å². The zero-order valence-corrected chi connectivity index (χ0v) is 15.5. The summed E-state index contributed by atoms with van der Waals surface area (Å²) >= 11 is 0. The number of ether oxygens (including phenoxy) is 2. The minimum atomic E-state index is -0.623. The first kappa shape index (κ1) is 18.8. The molecule has 0 unspecified atom stereocenters. The van der Waals surface area contributed by atoms with E-state index in [-0.39, 0.29) is 12.5 Å². The lowest BCUT2D eigenvalue weighted by atomic mass is 10.0. The van der Waals surface area contributed by atoms with Gasteiger partial charge in [0.25, 0.3) is 0 Å². The fourth-order valence-electron chi connectivity index (χ4n) is 2.44. The summed E-state index contributed by atoms with van der Waals surface area (Å²) in [5, 5.41) is 7.18. The van der Waals surface area contributed by atoms with Crippen LogP contribution in [0.5, 0.6) is 0 Å². The maximum atomic E-state index is 12.5. The molecule has 7 nitrogen and oxygen atoms in total. The number of rotatable bonds is 4. The molecule has 0 bridgehead atoms. The third kappa shape index (κ3) is 4.29. The van der Waals surface area contributed by atoms with Gasteiger partial charge in [-0.05, 0) is 45.7 Å². The normalized spacial score (nSPS) is 11.6. The van der Waals surface area contributed by atoms with Gasteiger partial charge in [0.15, 0.2) is 0 Å². The van der Waals surface area contributed by atoms with Crippen LogP contribution in [0.15, 0.2) is 18.3 Å². The predicted octanol–water partition coefficient (Wildman–Crippen LogP) is 3.98. The third-order valence-corrected chi connectivity index (χ3v) is 3.34. The molecule has 0 aliphatic carbocycles. The molecule has 7 heteroatoms. The molecule has 2 aromatic rings. The molecule has 1 amide bonds. The van der Waals surface area contributed by atoms with Crippen LogP contribution in [0.2, 0.25) is 0 Å². The molecule has 136 valence electrons. The Morgan fingerprint density at radius 1 is 1.32 bits per heavy atom. The van der Waals surface area contributed by atoms with E-state index < -0.39 is 17.7 Å². The Morgan fingerprint density at radius 3 is 2.56 bits per heavy atom. The van der Waals surface area contributed by atoms with Gasteiger partial charge in [-0.1, -0.05) is 13.8 Å². The maximum absolute atomic E-state index is 12.5. The Morgan fingerprint density at radius 2 is 2.00 bits per heavy atom. The minimum Gasteiger partial charge on any atom is -0.462 e. The van der Waals surface area contributed by atoms with E-state index in [1.54, 1.807) is 50.5 Å². The molecule has 0 aromatic carbocycles. The highest BCUT2D eigenvalue weighted by Gasteiger charge is 2.26. The molecule has 0 saturated carbocycles. The molecule has 0 saturated heterocycles. The molecule has 0 fully saturated rings. The van der Waals surface area contributed by atoms with Crippen molar-refractivity contribution >= 4 is 23.3 Å². The number of aromatic nitrogens is 2. The van der Waals surface area contributed by atoms with E-state index in [4.69, 9.17) is 9.47 Å². The van der Waals surface area contributed by atoms with Gasteiger partial charge in [0.1, 0.15) is 16.7 Å². The number of anilines is 1. The largest absolute Gasteiger partial charge is 0.462 e. The standard InChI is InChI=1S/C18H25N3O4/c1-7-24-16(22)13-14(11(2)3)20-21-10-8-9-12(15(13)21)19-17(23)25-18(4,5)6/h8-11H,7H2,1-6H3,(H,19,23). The molecule has 2 aromatic heterocycles. The smallest absolute Gasteiger partial charge is 0.412 e. The first-order valence-corrected chi connectivity index (χ1v) is 8.32. The highest BCUT2D eigenvalue weighted by atomic mass is 16.6. The number of fused-ring (bicyclic) bond motifs is 1. The Bertz CT molecular complexity index is 787. The van der Waals surface area contributed by atoms with Crippen LogP contribution in [0, 0.1) is 0 Å². The van der Waals surface area contributed by atoms with Crippen molar-refractivity contribution in [3.8, 4) is 0 Å². The second-order valence-electron chi connectivity index (χ2n) is 6.98. The summed E-state index contributed by atoms with van der Waals surface area (Å²) in [5.41, 5.74) is 1.30. The topological polar surface area (TPSA) is 81.9 Å². The van der Waals surface area contributed by atoms with Gasteiger partial charge in [0.2, 0.25) is 0 Å². The van der Waals surface area contributed by atoms with Crippen molar-refractivity contribution in [3.63, 3.8) is 0 Å². The molecule has 0 spiro atoms. The van der Waals surface area contributed by atoms with Gasteiger partial charge >= 0.3 is 12.1 Å². The van der Waals surface area contributed by atoms with Crippen molar-refractivity contribution in [1.82, 2.24) is 9.61 Å². The summed E-state index contributed by atoms with van der Waals surface area (Å²) in [6.45, 7) is 11.3. The third-order valence-electron chi connectivity index (χ3n) is 3.34. The second-order valence-corrected chi connectivity index (χ2v) is 6.98. The fourth-order valence-corrected chi connectivity index (χ4v) is 2.44. The van der Waals surface area contributed by atoms with Crippen LogP contribution >= 0.6 is 0 Å². The van der Waals surface area contributed by atoms with Crippen molar-refractivity contribution in [2.75, 3.05) is 11.9 Å². The van der Waals surface area contributed by atoms with Crippen molar-refractivity contribution in [3.05, 3.63) is 29.6 Å². The molecule has 2 heterocycles. The number of pyridine rings is 1. The number of nitrogens with zero attached hydrogens (tertiary/aromatic N) is 2. The van der Waals surface area contributed by atoms with Gasteiger partial charge in [-0.15, -0.1) is 0 Å². The van der Waals surface area contributed by atoms with Crippen molar-refractivity contribution < 1.29 is 19.1 Å². The van der Waals surface area contributed by atoms with Crippen LogP contribution in [0.25, 0.3) is 5.52 Å². The van der Waals surface area contributed by atoms with Gasteiger partial charge < -0.3 is 9.47 Å². The van der Waals surface area contributed by atoms with Crippen molar-refractivity contribution in [2.24, 2.45) is 0 Å². The number of esters is 1. The van der Waals surface area contributed by atoms with Gasteiger partial charge in [-0.25, -0.2) is 14.1 Å². The molecule has 0 atom stereocenters. The monoisotopic (exact) mass is 347 g/mol. The lowest BCUT2D eigenvalue weighted by molar-refractivity contribution is 0.0525. The van der Waals surface area contributed by atoms with Crippen molar-refractivity contribution in [2.45, 2.75) is 53.1 Å². The predicted molar refractivity (Wildman–Crippen MR) is 95.1 cm³/mol. The minimum absolute atomic E-state index is 0.0219. The summed E-state index contributed by atoms with van der Waals surface area (Å²) in [6, 6.07) is 3.44. The number of amides is 1. The number of hydrogen-bond donors (Lipinski definition) is 1. The SMILES string of the molecule is CCOC(=O)c1c(C(C)C)nn2cccc(NC(=O)OC(C)(C)C)c12. The highest BCUT2D eigenvalue weighted by molar-refractivity contribution is 6.04. The summed E-state index contributed by atoms with van der Waals surface area (Å²) in [6.07, 6.45) is 1.13. The zero-order valence-electron chi connectivity index (χ0n) is 15.5. The average Bonchev–Trinajstić information content (AvgIpc) is 2.86. The number of carbonyl (C=O) groups excluding carboxylic acids is 2. The van der Waals surface area contributed by atoms with E-state index in [1.165, 1.54) is 0 Å². The maximum Gasteiger partial charge on any atom is 0.412 e. The quantitative estimate of drug-likeness (QED) is 0.846. The van der Waals surface area contributed by atoms with Crippen LogP contribution in [0.1, 0.15) is 63.5 Å². The Hall–Kier alpha value is -2.57. The van der Waals surface area contributed by atoms with Gasteiger partial charge in [-0.3, -0.25) is 5.32 Å². The van der Waals surface area contributed by atoms with Gasteiger partial charge in [0.05, 0.1) is 18.0 Å². The lowest BCUT2D eigenvalue weighted by Gasteiger charge is -2.20. The van der Waals surface area contributed by atoms with Crippen LogP contribution in [0.4, 0.5) is 10.5 Å². The van der Waals surface area contributed by atoms with Crippen LogP contribution in [-0.4, -0.2) is 33.9 Å². The van der Waals surface area contributed by atoms with E-state index in [0.29, 0.717) is 22.5 Å². The molecule has 2 rings (SSSR count). The molecule has 0 aliphatic heterocycles. The molecular weight excluding hydrogens is 322 g/mol. The lowest BCUT2D eigenvalue weighted by Crippen LogP contribution is -2.27. The molecule has 0 aliphatic rings. The van der Waals surface area contributed by atoms with Gasteiger partial charge in [0, 0.05) is 6.20 Å². The Labute approximate surface area is 147 Å². The summed E-state index contributed by atoms with van der Waals surface area (Å²) in [4.78, 5) is 24.6. The summed E-state index contributed by atoms with van der Waals surface area (Å²) in [7, 11) is 0. The van der Waals surface area contributed by atoms with Crippen LogP contribution in [0.3, 0.4) is 0 Å². The number of carbonyl (C=O) groups is 2. The zero-order chi connectivity index (χ0) is 18.8. The summed E-state index contributed by atoms with van der Waals surface area (Å²) < 4.78 is 12.1. The number of nitrogens with one attached hydrogen (secondary N) is 1. The Balaban J connectivity index is 2.54. The van der Waals surface area contributed by atoms with E-state index in [1.807, 2.05) is 13.8 Å². The highest BCUT2D eigenvalue weighted by Crippen LogP contribution is 2.29. The van der Waals surface area contributed by atoms with Gasteiger partial charge in [-0.2, -0.15) is 5.10 Å². The van der Waals surface area contributed by atoms with Crippen LogP contribution in [-0.2, 0) is 9.47 Å². The Kier molecular flexibility index (Phi) is 5.35.